The lowest BCUT2D eigenvalue weighted by Crippen LogP contribution is -2.38. The molecule has 0 saturated carbocycles. The normalized spacial score (nSPS) is 12.4. The van der Waals surface area contributed by atoms with Crippen molar-refractivity contribution in [2.45, 2.75) is 18.4 Å². The topological polar surface area (TPSA) is 63.2 Å². The van der Waals surface area contributed by atoms with Crippen molar-refractivity contribution in [3.8, 4) is 11.5 Å². The largest absolute Gasteiger partial charge is 0.497 e. The van der Waals surface area contributed by atoms with E-state index < -0.39 is 10.8 Å². The van der Waals surface area contributed by atoms with E-state index in [1.54, 1.807) is 14.2 Å². The van der Waals surface area contributed by atoms with Crippen LogP contribution in [0, 0.1) is 0 Å². The molecule has 0 bridgehead atoms. The van der Waals surface area contributed by atoms with Crippen LogP contribution in [-0.2, 0) is 17.3 Å². The van der Waals surface area contributed by atoms with Gasteiger partial charge in [-0.15, -0.1) is 0 Å². The smallest absolute Gasteiger partial charge is 0.193 e. The molecule has 28 heavy (non-hydrogen) atoms. The van der Waals surface area contributed by atoms with Crippen molar-refractivity contribution < 1.29 is 13.7 Å². The van der Waals surface area contributed by atoms with Gasteiger partial charge < -0.3 is 19.7 Å². The number of ether oxygens (including phenoxy) is 2. The van der Waals surface area contributed by atoms with E-state index in [0.717, 1.165) is 34.5 Å². The van der Waals surface area contributed by atoms with E-state index in [-0.39, 0.29) is 0 Å². The van der Waals surface area contributed by atoms with Crippen LogP contribution in [0.5, 0.6) is 11.5 Å². The van der Waals surface area contributed by atoms with Gasteiger partial charge in [0.15, 0.2) is 5.96 Å². The van der Waals surface area contributed by atoms with Gasteiger partial charge in [0.05, 0.1) is 31.6 Å². The average molecular weight is 404 g/mol. The van der Waals surface area contributed by atoms with Gasteiger partial charge in [0.25, 0.3) is 0 Å². The minimum absolute atomic E-state index is 0.480. The van der Waals surface area contributed by atoms with E-state index in [1.807, 2.05) is 67.4 Å². The van der Waals surface area contributed by atoms with Gasteiger partial charge in [-0.25, -0.2) is 0 Å². The van der Waals surface area contributed by atoms with Crippen LogP contribution in [0.4, 0.5) is 0 Å². The molecular weight excluding hydrogens is 374 g/mol. The fourth-order valence-corrected chi connectivity index (χ4v) is 3.66. The summed E-state index contributed by atoms with van der Waals surface area (Å²) in [6.07, 6.45) is 0. The summed E-state index contributed by atoms with van der Waals surface area (Å²) >= 11 is 0. The van der Waals surface area contributed by atoms with Crippen LogP contribution in [0.25, 0.3) is 0 Å². The van der Waals surface area contributed by atoms with Crippen LogP contribution >= 0.6 is 0 Å². The third-order valence-corrected chi connectivity index (χ3v) is 5.49. The molecule has 0 aliphatic carbocycles. The van der Waals surface area contributed by atoms with Crippen LogP contribution in [0.15, 0.2) is 58.4 Å². The van der Waals surface area contributed by atoms with Crippen LogP contribution in [0.2, 0.25) is 0 Å². The Hall–Kier alpha value is -2.54. The molecule has 0 aliphatic heterocycles. The predicted octanol–water partition coefficient (Wildman–Crippen LogP) is 2.91. The van der Waals surface area contributed by atoms with Gasteiger partial charge in [0, 0.05) is 42.4 Å². The molecule has 1 atom stereocenters. The third-order valence-electron chi connectivity index (χ3n) is 4.14. The summed E-state index contributed by atoms with van der Waals surface area (Å²) in [6.45, 7) is 3.89. The minimum Gasteiger partial charge on any atom is -0.497 e. The minimum atomic E-state index is -1.05. The monoisotopic (exact) mass is 403 g/mol. The van der Waals surface area contributed by atoms with Gasteiger partial charge in [-0.2, -0.15) is 0 Å². The fraction of sp³-hybridized carbons (Fsp3) is 0.381. The number of nitrogens with one attached hydrogen (secondary N) is 1. The molecule has 6 nitrogen and oxygen atoms in total. The maximum absolute atomic E-state index is 12.4. The van der Waals surface area contributed by atoms with E-state index in [9.17, 15) is 4.21 Å². The molecule has 0 radical (unpaired) electrons. The van der Waals surface area contributed by atoms with Crippen molar-refractivity contribution >= 4 is 16.8 Å². The van der Waals surface area contributed by atoms with Gasteiger partial charge in [-0.3, -0.25) is 9.20 Å². The van der Waals surface area contributed by atoms with E-state index in [0.29, 0.717) is 18.8 Å². The second-order valence-corrected chi connectivity index (χ2v) is 7.70. The molecule has 2 aromatic carbocycles. The SMILES string of the molecule is CCNC(=NCCS(=O)c1ccccc1)N(C)Cc1ccc(OC)cc1OC. The average Bonchev–Trinajstić information content (AvgIpc) is 2.73. The molecule has 2 aromatic rings. The van der Waals surface area contributed by atoms with Gasteiger partial charge in [-0.1, -0.05) is 18.2 Å². The van der Waals surface area contributed by atoms with E-state index in [4.69, 9.17) is 9.47 Å². The molecule has 152 valence electrons. The molecule has 0 heterocycles. The summed E-state index contributed by atoms with van der Waals surface area (Å²) in [7, 11) is 4.20. The molecule has 7 heteroatoms. The van der Waals surface area contributed by atoms with Crippen molar-refractivity contribution in [3.63, 3.8) is 0 Å². The van der Waals surface area contributed by atoms with E-state index in [1.165, 1.54) is 0 Å². The maximum Gasteiger partial charge on any atom is 0.193 e. The molecule has 0 saturated heterocycles. The first kappa shape index (κ1) is 21.8. The van der Waals surface area contributed by atoms with Gasteiger partial charge in [0.1, 0.15) is 11.5 Å². The van der Waals surface area contributed by atoms with Crippen LogP contribution in [0.3, 0.4) is 0 Å². The Bertz CT molecular complexity index is 797. The zero-order valence-electron chi connectivity index (χ0n) is 17.0. The third kappa shape index (κ3) is 6.27. The summed E-state index contributed by atoms with van der Waals surface area (Å²) in [5.74, 6) is 2.78. The van der Waals surface area contributed by atoms with Crippen molar-refractivity contribution in [2.75, 3.05) is 40.1 Å². The first-order valence-corrected chi connectivity index (χ1v) is 10.5. The number of hydrogen-bond donors (Lipinski definition) is 1. The highest BCUT2D eigenvalue weighted by molar-refractivity contribution is 7.85. The molecule has 0 spiro atoms. The predicted molar refractivity (Wildman–Crippen MR) is 115 cm³/mol. The number of aliphatic imine (C=N–C) groups is 1. The fourth-order valence-electron chi connectivity index (χ4n) is 2.71. The lowest BCUT2D eigenvalue weighted by molar-refractivity contribution is 0.382. The molecule has 2 rings (SSSR count). The van der Waals surface area contributed by atoms with E-state index in [2.05, 4.69) is 10.3 Å². The second kappa shape index (κ2) is 11.3. The van der Waals surface area contributed by atoms with Gasteiger partial charge in [-0.05, 0) is 31.2 Å². The van der Waals surface area contributed by atoms with Crippen LogP contribution in [-0.4, -0.2) is 55.2 Å². The summed E-state index contributed by atoms with van der Waals surface area (Å²) in [5, 5.41) is 3.29. The summed E-state index contributed by atoms with van der Waals surface area (Å²) in [6, 6.07) is 15.3. The Morgan fingerprint density at radius 1 is 1.14 bits per heavy atom. The number of hydrogen-bond acceptors (Lipinski definition) is 4. The highest BCUT2D eigenvalue weighted by Gasteiger charge is 2.11. The Balaban J connectivity index is 2.03. The van der Waals surface area contributed by atoms with Crippen molar-refractivity contribution in [3.05, 3.63) is 54.1 Å². The number of benzene rings is 2. The molecule has 0 amide bonds. The first-order valence-electron chi connectivity index (χ1n) is 9.22. The molecule has 0 aromatic heterocycles. The summed E-state index contributed by atoms with van der Waals surface area (Å²) in [5.41, 5.74) is 1.03. The Kier molecular flexibility index (Phi) is 8.81. The van der Waals surface area contributed by atoms with Gasteiger partial charge in [0.2, 0.25) is 0 Å². The quantitative estimate of drug-likeness (QED) is 0.515. The molecule has 0 aliphatic rings. The lowest BCUT2D eigenvalue weighted by Gasteiger charge is -2.23. The van der Waals surface area contributed by atoms with Crippen LogP contribution in [0.1, 0.15) is 12.5 Å². The zero-order valence-corrected chi connectivity index (χ0v) is 17.8. The Morgan fingerprint density at radius 3 is 2.54 bits per heavy atom. The molecule has 1 N–H and O–H groups in total. The Morgan fingerprint density at radius 2 is 1.89 bits per heavy atom. The molecule has 1 unspecified atom stereocenters. The highest BCUT2D eigenvalue weighted by atomic mass is 32.2. The summed E-state index contributed by atoms with van der Waals surface area (Å²) < 4.78 is 23.1. The lowest BCUT2D eigenvalue weighted by atomic mass is 10.2. The number of rotatable bonds is 9. The number of nitrogens with zero attached hydrogens (tertiary/aromatic N) is 2. The molecular formula is C21H29N3O3S. The van der Waals surface area contributed by atoms with Gasteiger partial charge >= 0.3 is 0 Å². The van der Waals surface area contributed by atoms with Crippen molar-refractivity contribution in [1.82, 2.24) is 10.2 Å². The molecule has 0 fully saturated rings. The van der Waals surface area contributed by atoms with Crippen molar-refractivity contribution in [2.24, 2.45) is 4.99 Å². The zero-order chi connectivity index (χ0) is 20.4. The standard InChI is InChI=1S/C21H29N3O3S/c1-5-22-21(23-13-14-28(25)19-9-7-6-8-10-19)24(2)16-17-11-12-18(26-3)15-20(17)27-4/h6-12,15H,5,13-14,16H2,1-4H3,(H,22,23). The summed E-state index contributed by atoms with van der Waals surface area (Å²) in [4.78, 5) is 7.50. The number of methoxy groups -OCH3 is 2. The first-order chi connectivity index (χ1) is 13.6. The highest BCUT2D eigenvalue weighted by Crippen LogP contribution is 2.25. The second-order valence-electron chi connectivity index (χ2n) is 6.13. The van der Waals surface area contributed by atoms with Crippen molar-refractivity contribution in [1.29, 1.82) is 0 Å². The van der Waals surface area contributed by atoms with Crippen LogP contribution < -0.4 is 14.8 Å². The van der Waals surface area contributed by atoms with E-state index >= 15 is 0 Å². The number of guanidine groups is 1. The maximum atomic E-state index is 12.4. The Labute approximate surface area is 170 Å².